The van der Waals surface area contributed by atoms with Crippen molar-refractivity contribution in [1.29, 1.82) is 0 Å². The number of amides is 1. The average molecular weight is 390 g/mol. The molecule has 0 unspecified atom stereocenters. The number of rotatable bonds is 6. The summed E-state index contributed by atoms with van der Waals surface area (Å²) in [5.41, 5.74) is 4.55. The van der Waals surface area contributed by atoms with E-state index in [1.54, 1.807) is 17.3 Å². The van der Waals surface area contributed by atoms with Gasteiger partial charge in [0.05, 0.1) is 36.0 Å². The fourth-order valence-corrected chi connectivity index (χ4v) is 3.68. The third kappa shape index (κ3) is 4.13. The lowest BCUT2D eigenvalue weighted by Crippen LogP contribution is -2.21. The predicted octanol–water partition coefficient (Wildman–Crippen LogP) is 3.29. The summed E-state index contributed by atoms with van der Waals surface area (Å²) in [6.07, 6.45) is 9.33. The lowest BCUT2D eigenvalue weighted by atomic mass is 10.2. The summed E-state index contributed by atoms with van der Waals surface area (Å²) in [7, 11) is 0. The zero-order valence-electron chi connectivity index (χ0n) is 17.1. The molecule has 1 aliphatic heterocycles. The van der Waals surface area contributed by atoms with Crippen LogP contribution in [0, 0.1) is 19.8 Å². The number of pyridine rings is 2. The van der Waals surface area contributed by atoms with Crippen molar-refractivity contribution in [2.75, 3.05) is 22.9 Å². The molecule has 1 aliphatic rings. The van der Waals surface area contributed by atoms with E-state index in [0.29, 0.717) is 6.54 Å². The maximum Gasteiger partial charge on any atom is 0.214 e. The molecule has 0 radical (unpaired) electrons. The Hall–Kier alpha value is -3.22. The molecule has 0 N–H and O–H groups in total. The Balaban J connectivity index is 1.52. The number of anilines is 2. The second-order valence-electron chi connectivity index (χ2n) is 7.87. The molecule has 29 heavy (non-hydrogen) atoms. The molecule has 1 atom stereocenters. The molecule has 150 valence electrons. The Bertz CT molecular complexity index is 997. The zero-order valence-corrected chi connectivity index (χ0v) is 17.1. The van der Waals surface area contributed by atoms with E-state index in [9.17, 15) is 4.79 Å². The van der Waals surface area contributed by atoms with Crippen molar-refractivity contribution in [3.05, 3.63) is 59.8 Å². The van der Waals surface area contributed by atoms with Crippen molar-refractivity contribution in [3.63, 3.8) is 0 Å². The number of aromatic nitrogens is 4. The van der Waals surface area contributed by atoms with Crippen molar-refractivity contribution < 1.29 is 4.79 Å². The summed E-state index contributed by atoms with van der Waals surface area (Å²) in [5.74, 6) is 1.73. The molecule has 0 saturated carbocycles. The molecule has 7 nitrogen and oxygen atoms in total. The number of aryl methyl sites for hydroxylation is 2. The largest absolute Gasteiger partial charge is 0.356 e. The normalized spacial score (nSPS) is 16.2. The van der Waals surface area contributed by atoms with Crippen LogP contribution in [0.2, 0.25) is 0 Å². The van der Waals surface area contributed by atoms with Crippen LogP contribution >= 0.6 is 0 Å². The van der Waals surface area contributed by atoms with Crippen LogP contribution in [0.15, 0.2) is 43.0 Å². The Morgan fingerprint density at radius 3 is 2.76 bits per heavy atom. The summed E-state index contributed by atoms with van der Waals surface area (Å²) in [4.78, 5) is 24.4. The third-order valence-electron chi connectivity index (χ3n) is 5.38. The fraction of sp³-hybridized carbons (Fsp3) is 0.364. The van der Waals surface area contributed by atoms with Crippen molar-refractivity contribution in [1.82, 2.24) is 19.7 Å². The van der Waals surface area contributed by atoms with Crippen molar-refractivity contribution >= 4 is 17.9 Å². The smallest absolute Gasteiger partial charge is 0.214 e. The van der Waals surface area contributed by atoms with Gasteiger partial charge in [0.25, 0.3) is 0 Å². The molecule has 3 aromatic rings. The van der Waals surface area contributed by atoms with Crippen LogP contribution < -0.4 is 9.80 Å². The van der Waals surface area contributed by atoms with E-state index in [0.717, 1.165) is 59.4 Å². The van der Waals surface area contributed by atoms with E-state index in [4.69, 9.17) is 5.10 Å². The predicted molar refractivity (Wildman–Crippen MR) is 113 cm³/mol. The third-order valence-corrected chi connectivity index (χ3v) is 5.38. The van der Waals surface area contributed by atoms with E-state index >= 15 is 0 Å². The molecule has 4 rings (SSSR count). The number of carbonyl (C=O) groups is 1. The maximum absolute atomic E-state index is 11.6. The molecule has 0 spiro atoms. The number of hydrogen-bond donors (Lipinski definition) is 0. The molecule has 0 aromatic carbocycles. The van der Waals surface area contributed by atoms with E-state index in [-0.39, 0.29) is 0 Å². The Labute approximate surface area is 171 Å². The average Bonchev–Trinajstić information content (AvgIpc) is 3.32. The Morgan fingerprint density at radius 1 is 1.24 bits per heavy atom. The van der Waals surface area contributed by atoms with Gasteiger partial charge >= 0.3 is 0 Å². The first-order chi connectivity index (χ1) is 14.0. The van der Waals surface area contributed by atoms with Gasteiger partial charge in [0.1, 0.15) is 5.82 Å². The molecular weight excluding hydrogens is 364 g/mol. The molecule has 1 saturated heterocycles. The van der Waals surface area contributed by atoms with Gasteiger partial charge in [0.2, 0.25) is 6.41 Å². The molecule has 1 fully saturated rings. The van der Waals surface area contributed by atoms with Gasteiger partial charge in [0, 0.05) is 25.5 Å². The highest BCUT2D eigenvalue weighted by atomic mass is 16.1. The van der Waals surface area contributed by atoms with Crippen LogP contribution in [0.1, 0.15) is 30.2 Å². The Kier molecular flexibility index (Phi) is 5.29. The van der Waals surface area contributed by atoms with Gasteiger partial charge in [-0.25, -0.2) is 9.67 Å². The van der Waals surface area contributed by atoms with Gasteiger partial charge in [-0.1, -0.05) is 6.92 Å². The van der Waals surface area contributed by atoms with Crippen LogP contribution in [0.5, 0.6) is 0 Å². The first kappa shape index (κ1) is 19.1. The second kappa shape index (κ2) is 8.03. The van der Waals surface area contributed by atoms with Gasteiger partial charge in [-0.15, -0.1) is 0 Å². The Morgan fingerprint density at radius 2 is 2.10 bits per heavy atom. The van der Waals surface area contributed by atoms with Crippen LogP contribution in [-0.4, -0.2) is 39.2 Å². The van der Waals surface area contributed by atoms with Crippen LogP contribution in [-0.2, 0) is 11.3 Å². The number of hydrogen-bond acceptors (Lipinski definition) is 5. The summed E-state index contributed by atoms with van der Waals surface area (Å²) < 4.78 is 1.82. The first-order valence-electron chi connectivity index (χ1n) is 9.93. The number of nitrogens with zero attached hydrogens (tertiary/aromatic N) is 6. The zero-order chi connectivity index (χ0) is 20.4. The molecular formula is C22H26N6O. The highest BCUT2D eigenvalue weighted by Crippen LogP contribution is 2.23. The van der Waals surface area contributed by atoms with Crippen LogP contribution in [0.4, 0.5) is 11.5 Å². The standard InChI is InChI=1S/C22H26N6O/c1-16-6-7-26(12-16)22-5-4-19(11-24-22)28-13-18(3)21(25-28)14-27(15-29)20-8-17(2)9-23-10-20/h4-5,8-11,13,15-16H,6-7,12,14H2,1-3H3/t16-/m0/s1. The summed E-state index contributed by atoms with van der Waals surface area (Å²) in [6.45, 7) is 8.76. The van der Waals surface area contributed by atoms with E-state index < -0.39 is 0 Å². The van der Waals surface area contributed by atoms with Gasteiger partial charge in [-0.2, -0.15) is 5.10 Å². The monoisotopic (exact) mass is 390 g/mol. The molecule has 0 bridgehead atoms. The van der Waals surface area contributed by atoms with Gasteiger partial charge in [-0.3, -0.25) is 9.78 Å². The summed E-state index contributed by atoms with van der Waals surface area (Å²) in [5, 5.41) is 4.70. The highest BCUT2D eigenvalue weighted by Gasteiger charge is 2.20. The van der Waals surface area contributed by atoms with Crippen LogP contribution in [0.25, 0.3) is 5.69 Å². The van der Waals surface area contributed by atoms with E-state index in [2.05, 4.69) is 27.9 Å². The van der Waals surface area contributed by atoms with Crippen molar-refractivity contribution in [3.8, 4) is 5.69 Å². The van der Waals surface area contributed by atoms with Crippen LogP contribution in [0.3, 0.4) is 0 Å². The van der Waals surface area contributed by atoms with Gasteiger partial charge in [0.15, 0.2) is 0 Å². The maximum atomic E-state index is 11.6. The van der Waals surface area contributed by atoms with E-state index in [1.165, 1.54) is 6.42 Å². The summed E-state index contributed by atoms with van der Waals surface area (Å²) in [6, 6.07) is 6.04. The molecule has 1 amide bonds. The SMILES string of the molecule is Cc1cncc(N(C=O)Cc2nn(-c3ccc(N4CC[C@H](C)C4)nc3)cc2C)c1. The molecule has 4 heterocycles. The molecule has 3 aromatic heterocycles. The lowest BCUT2D eigenvalue weighted by molar-refractivity contribution is -0.107. The summed E-state index contributed by atoms with van der Waals surface area (Å²) >= 11 is 0. The topological polar surface area (TPSA) is 67.2 Å². The minimum atomic E-state index is 0.393. The van der Waals surface area contributed by atoms with Gasteiger partial charge in [-0.05, 0) is 55.5 Å². The van der Waals surface area contributed by atoms with E-state index in [1.807, 2.05) is 43.1 Å². The first-order valence-corrected chi connectivity index (χ1v) is 9.93. The quantitative estimate of drug-likeness (QED) is 0.604. The fourth-order valence-electron chi connectivity index (χ4n) is 3.68. The second-order valence-corrected chi connectivity index (χ2v) is 7.87. The van der Waals surface area contributed by atoms with Crippen molar-refractivity contribution in [2.45, 2.75) is 33.7 Å². The lowest BCUT2D eigenvalue weighted by Gasteiger charge is -2.17. The molecule has 0 aliphatic carbocycles. The molecule has 7 heteroatoms. The minimum Gasteiger partial charge on any atom is -0.356 e. The highest BCUT2D eigenvalue weighted by molar-refractivity contribution is 5.74. The van der Waals surface area contributed by atoms with Gasteiger partial charge < -0.3 is 9.80 Å². The minimum absolute atomic E-state index is 0.393. The number of carbonyl (C=O) groups excluding carboxylic acids is 1. The van der Waals surface area contributed by atoms with Crippen molar-refractivity contribution in [2.24, 2.45) is 5.92 Å².